The van der Waals surface area contributed by atoms with Crippen molar-refractivity contribution in [3.63, 3.8) is 0 Å². The van der Waals surface area contributed by atoms with Crippen LogP contribution < -0.4 is 10.1 Å². The van der Waals surface area contributed by atoms with Crippen molar-refractivity contribution in [2.75, 3.05) is 27.0 Å². The fraction of sp³-hybridized carbons (Fsp3) is 0.364. The van der Waals surface area contributed by atoms with Gasteiger partial charge in [0.2, 0.25) is 0 Å². The summed E-state index contributed by atoms with van der Waals surface area (Å²) in [6.07, 6.45) is 0.670. The van der Waals surface area contributed by atoms with Crippen LogP contribution in [0.1, 0.15) is 10.4 Å². The summed E-state index contributed by atoms with van der Waals surface area (Å²) in [5.74, 6) is -3.91. The Bertz CT molecular complexity index is 614. The molecule has 1 rings (SSSR count). The fourth-order valence-corrected chi connectivity index (χ4v) is 2.42. The van der Waals surface area contributed by atoms with Crippen LogP contribution in [0, 0.1) is 11.6 Å². The largest absolute Gasteiger partial charge is 0.493 e. The van der Waals surface area contributed by atoms with E-state index in [4.69, 9.17) is 0 Å². The van der Waals surface area contributed by atoms with Gasteiger partial charge >= 0.3 is 0 Å². The summed E-state index contributed by atoms with van der Waals surface area (Å²) in [5.41, 5.74) is -0.348. The lowest BCUT2D eigenvalue weighted by atomic mass is 10.1. The molecule has 0 aliphatic carbocycles. The number of hydrogen-bond acceptors (Lipinski definition) is 5. The van der Waals surface area contributed by atoms with Crippen LogP contribution in [0.3, 0.4) is 0 Å². The van der Waals surface area contributed by atoms with Crippen molar-refractivity contribution in [3.05, 3.63) is 23.3 Å². The number of hydrogen-bond donors (Lipinski definition) is 1. The van der Waals surface area contributed by atoms with Crippen molar-refractivity contribution < 1.29 is 26.7 Å². The third-order valence-corrected chi connectivity index (χ3v) is 3.46. The Balaban J connectivity index is 3.60. The van der Waals surface area contributed by atoms with Gasteiger partial charge in [-0.15, -0.1) is 0 Å². The molecule has 0 radical (unpaired) electrons. The SMILES string of the molecule is CNCC(=O)c1cc(F)c(S(C)(=O)=O)c(F)c1OC. The highest BCUT2D eigenvalue weighted by Crippen LogP contribution is 2.31. The van der Waals surface area contributed by atoms with Crippen LogP contribution in [-0.2, 0) is 9.84 Å². The van der Waals surface area contributed by atoms with Crippen molar-refractivity contribution in [3.8, 4) is 5.75 Å². The van der Waals surface area contributed by atoms with Gasteiger partial charge < -0.3 is 10.1 Å². The lowest BCUT2D eigenvalue weighted by molar-refractivity contribution is 0.0989. The normalized spacial score (nSPS) is 11.4. The Morgan fingerprint density at radius 2 is 2.00 bits per heavy atom. The smallest absolute Gasteiger partial charge is 0.187 e. The van der Waals surface area contributed by atoms with E-state index >= 15 is 0 Å². The fourth-order valence-electron chi connectivity index (χ4n) is 1.59. The molecular formula is C11H13F2NO4S. The number of ketones is 1. The molecule has 0 saturated carbocycles. The van der Waals surface area contributed by atoms with E-state index in [2.05, 4.69) is 10.1 Å². The predicted octanol–water partition coefficient (Wildman–Crippen LogP) is 0.779. The summed E-state index contributed by atoms with van der Waals surface area (Å²) in [7, 11) is -1.55. The van der Waals surface area contributed by atoms with Crippen molar-refractivity contribution in [1.82, 2.24) is 5.32 Å². The number of ether oxygens (including phenoxy) is 1. The molecule has 5 nitrogen and oxygen atoms in total. The number of Topliss-reactive ketones (excluding diaryl/α,β-unsaturated/α-hetero) is 1. The Hall–Kier alpha value is -1.54. The third-order valence-electron chi connectivity index (χ3n) is 2.34. The highest BCUT2D eigenvalue weighted by Gasteiger charge is 2.28. The van der Waals surface area contributed by atoms with Crippen molar-refractivity contribution in [2.45, 2.75) is 4.90 Å². The number of nitrogens with one attached hydrogen (secondary N) is 1. The van der Waals surface area contributed by atoms with Gasteiger partial charge in [-0.2, -0.15) is 0 Å². The average molecular weight is 293 g/mol. The Kier molecular flexibility index (Phi) is 4.59. The Labute approximate surface area is 109 Å². The molecular weight excluding hydrogens is 280 g/mol. The topological polar surface area (TPSA) is 72.5 Å². The highest BCUT2D eigenvalue weighted by molar-refractivity contribution is 7.90. The lowest BCUT2D eigenvalue weighted by Crippen LogP contribution is -2.20. The zero-order chi connectivity index (χ0) is 14.8. The number of sulfone groups is 1. The number of rotatable bonds is 5. The summed E-state index contributed by atoms with van der Waals surface area (Å²) < 4.78 is 55.0. The summed E-state index contributed by atoms with van der Waals surface area (Å²) in [4.78, 5) is 10.6. The first-order valence-electron chi connectivity index (χ1n) is 5.17. The second-order valence-electron chi connectivity index (χ2n) is 3.81. The highest BCUT2D eigenvalue weighted by atomic mass is 32.2. The molecule has 0 spiro atoms. The monoisotopic (exact) mass is 293 g/mol. The van der Waals surface area contributed by atoms with Gasteiger partial charge in [0, 0.05) is 6.26 Å². The van der Waals surface area contributed by atoms with Gasteiger partial charge in [-0.3, -0.25) is 4.79 Å². The van der Waals surface area contributed by atoms with E-state index in [0.29, 0.717) is 12.3 Å². The second kappa shape index (κ2) is 5.62. The van der Waals surface area contributed by atoms with Crippen LogP contribution in [0.2, 0.25) is 0 Å². The van der Waals surface area contributed by atoms with Gasteiger partial charge in [0.1, 0.15) is 10.7 Å². The van der Waals surface area contributed by atoms with E-state index in [9.17, 15) is 22.0 Å². The van der Waals surface area contributed by atoms with Crippen LogP contribution in [0.25, 0.3) is 0 Å². The van der Waals surface area contributed by atoms with Gasteiger partial charge in [0.25, 0.3) is 0 Å². The first-order valence-corrected chi connectivity index (χ1v) is 7.07. The maximum absolute atomic E-state index is 14.0. The first kappa shape index (κ1) is 15.5. The Morgan fingerprint density at radius 3 is 2.42 bits per heavy atom. The zero-order valence-corrected chi connectivity index (χ0v) is 11.4. The molecule has 0 fully saturated rings. The van der Waals surface area contributed by atoms with Crippen LogP contribution >= 0.6 is 0 Å². The molecule has 0 aliphatic rings. The molecule has 1 aromatic carbocycles. The van der Waals surface area contributed by atoms with Crippen LogP contribution in [0.5, 0.6) is 5.75 Å². The predicted molar refractivity (Wildman–Crippen MR) is 64.3 cm³/mol. The molecule has 0 aromatic heterocycles. The van der Waals surface area contributed by atoms with Crippen LogP contribution in [-0.4, -0.2) is 41.2 Å². The molecule has 0 unspecified atom stereocenters. The maximum atomic E-state index is 14.0. The second-order valence-corrected chi connectivity index (χ2v) is 5.76. The Morgan fingerprint density at radius 1 is 1.42 bits per heavy atom. The first-order chi connectivity index (χ1) is 8.73. The van der Waals surface area contributed by atoms with E-state index in [0.717, 1.165) is 7.11 Å². The minimum absolute atomic E-state index is 0.159. The van der Waals surface area contributed by atoms with Gasteiger partial charge in [0.15, 0.2) is 27.2 Å². The molecule has 0 heterocycles. The van der Waals surface area contributed by atoms with E-state index in [1.807, 2.05) is 0 Å². The average Bonchev–Trinajstić information content (AvgIpc) is 2.26. The van der Waals surface area contributed by atoms with E-state index < -0.39 is 37.9 Å². The number of carbonyl (C=O) groups excluding carboxylic acids is 1. The number of halogens is 2. The minimum atomic E-state index is -4.11. The van der Waals surface area contributed by atoms with Gasteiger partial charge in [-0.1, -0.05) is 0 Å². The molecule has 0 saturated heterocycles. The van der Waals surface area contributed by atoms with E-state index in [1.165, 1.54) is 7.05 Å². The lowest BCUT2D eigenvalue weighted by Gasteiger charge is -2.12. The third kappa shape index (κ3) is 3.07. The summed E-state index contributed by atoms with van der Waals surface area (Å²) in [6.45, 7) is -0.159. The summed E-state index contributed by atoms with van der Waals surface area (Å²) in [6, 6.07) is 0.665. The summed E-state index contributed by atoms with van der Waals surface area (Å²) >= 11 is 0. The standard InChI is InChI=1S/C11H13F2NO4S/c1-14-5-8(15)6-4-7(12)11(19(3,16)17)9(13)10(6)18-2/h4,14H,5H2,1-3H3. The molecule has 1 N–H and O–H groups in total. The van der Waals surface area contributed by atoms with Crippen molar-refractivity contribution >= 4 is 15.6 Å². The molecule has 0 bridgehead atoms. The van der Waals surface area contributed by atoms with Crippen LogP contribution in [0.4, 0.5) is 8.78 Å². The summed E-state index contributed by atoms with van der Waals surface area (Å²) in [5, 5.41) is 2.53. The molecule has 106 valence electrons. The molecule has 0 aliphatic heterocycles. The molecule has 19 heavy (non-hydrogen) atoms. The van der Waals surface area contributed by atoms with E-state index in [1.54, 1.807) is 0 Å². The van der Waals surface area contributed by atoms with Crippen molar-refractivity contribution in [1.29, 1.82) is 0 Å². The number of methoxy groups -OCH3 is 1. The van der Waals surface area contributed by atoms with Crippen molar-refractivity contribution in [2.24, 2.45) is 0 Å². The van der Waals surface area contributed by atoms with Gasteiger partial charge in [-0.25, -0.2) is 17.2 Å². The molecule has 0 amide bonds. The van der Waals surface area contributed by atoms with Gasteiger partial charge in [0.05, 0.1) is 19.2 Å². The van der Waals surface area contributed by atoms with Crippen LogP contribution in [0.15, 0.2) is 11.0 Å². The maximum Gasteiger partial charge on any atom is 0.187 e. The quantitative estimate of drug-likeness (QED) is 0.812. The number of carbonyl (C=O) groups is 1. The molecule has 8 heteroatoms. The molecule has 0 atom stereocenters. The number of benzene rings is 1. The zero-order valence-electron chi connectivity index (χ0n) is 10.6. The minimum Gasteiger partial charge on any atom is -0.493 e. The van der Waals surface area contributed by atoms with E-state index in [-0.39, 0.29) is 12.1 Å². The molecule has 1 aromatic rings. The van der Waals surface area contributed by atoms with Gasteiger partial charge in [-0.05, 0) is 13.1 Å². The number of likely N-dealkylation sites (N-methyl/N-ethyl adjacent to an activating group) is 1.